The van der Waals surface area contributed by atoms with E-state index in [4.69, 9.17) is 106 Å². The molecule has 0 radical (unpaired) electrons. The lowest BCUT2D eigenvalue weighted by Crippen LogP contribution is -2.27. The van der Waals surface area contributed by atoms with Gasteiger partial charge in [-0.2, -0.15) is 13.2 Å². The van der Waals surface area contributed by atoms with E-state index in [1.807, 2.05) is 0 Å². The van der Waals surface area contributed by atoms with E-state index in [0.29, 0.717) is 63.6 Å². The summed E-state index contributed by atoms with van der Waals surface area (Å²) in [6.07, 6.45) is -4.35. The Labute approximate surface area is 400 Å². The van der Waals surface area contributed by atoms with E-state index in [1.165, 1.54) is 42.5 Å². The van der Waals surface area contributed by atoms with Crippen LogP contribution >= 0.6 is 106 Å². The average molecular weight is 1020 g/mol. The third kappa shape index (κ3) is 17.2. The van der Waals surface area contributed by atoms with Crippen molar-refractivity contribution < 1.29 is 28.5 Å². The van der Waals surface area contributed by atoms with Crippen LogP contribution in [0.3, 0.4) is 0 Å². The Morgan fingerprint density at radius 1 is 0.435 bits per heavy atom. The van der Waals surface area contributed by atoms with Gasteiger partial charge in [0, 0.05) is 48.1 Å². The molecule has 0 fully saturated rings. The summed E-state index contributed by atoms with van der Waals surface area (Å²) in [5.41, 5.74) is 2.55. The average Bonchev–Trinajstić information content (AvgIpc) is 3.19. The molecule has 0 saturated carbocycles. The van der Waals surface area contributed by atoms with Gasteiger partial charge in [0.2, 0.25) is 0 Å². The number of alkyl halides is 3. The van der Waals surface area contributed by atoms with E-state index in [0.717, 1.165) is 17.8 Å². The standard InChI is InChI=1S/C15H12ClF3N2OS.C13H9Cl3N2OS.C13H10Cl2N2OS/c16-11-5-6-13(22)12(7-11)21-14(23)20-8-9-1-3-10(4-2-9)15(17,18)19;14-7-1-2-12(19)11(6-7)18-13(20)17-10-4-8(15)3-9(16)5-10;14-8-1-4-10(5-2-8)16-13(19)17-11-7-9(15)3-6-12(11)18/h1-7,22H,8H2,(H2,20,21,23);1-6,19H,(H2,17,18,20);1-7,18H,(H2,16,17,19). The first-order valence-electron chi connectivity index (χ1n) is 17.3. The number of rotatable bonds is 7. The highest BCUT2D eigenvalue weighted by atomic mass is 35.5. The number of thiocarbonyl (C=S) groups is 3. The van der Waals surface area contributed by atoms with Gasteiger partial charge in [-0.05, 0) is 151 Å². The maximum absolute atomic E-state index is 12.5. The fourth-order valence-corrected chi connectivity index (χ4v) is 6.52. The molecular weight excluding hydrogens is 990 g/mol. The summed E-state index contributed by atoms with van der Waals surface area (Å²) in [5.74, 6) is 0.0976. The van der Waals surface area contributed by atoms with Crippen LogP contribution in [0.4, 0.5) is 41.6 Å². The van der Waals surface area contributed by atoms with Gasteiger partial charge >= 0.3 is 6.18 Å². The number of hydrogen-bond acceptors (Lipinski definition) is 6. The molecule has 0 spiro atoms. The van der Waals surface area contributed by atoms with Gasteiger partial charge in [0.15, 0.2) is 15.3 Å². The fourth-order valence-electron chi connectivity index (χ4n) is 4.71. The van der Waals surface area contributed by atoms with Crippen molar-refractivity contribution in [2.75, 3.05) is 26.6 Å². The molecule has 0 aliphatic rings. The van der Waals surface area contributed by atoms with Crippen molar-refractivity contribution in [3.63, 3.8) is 0 Å². The van der Waals surface area contributed by atoms with Crippen LogP contribution in [0.15, 0.2) is 121 Å². The minimum Gasteiger partial charge on any atom is -0.506 e. The normalized spacial score (nSPS) is 10.5. The molecule has 0 bridgehead atoms. The molecule has 0 unspecified atom stereocenters. The molecule has 21 heteroatoms. The number of benzene rings is 6. The molecule has 0 aromatic heterocycles. The summed E-state index contributed by atoms with van der Waals surface area (Å²) >= 11 is 50.5. The largest absolute Gasteiger partial charge is 0.506 e. The molecule has 0 saturated heterocycles. The van der Waals surface area contributed by atoms with E-state index in [2.05, 4.69) is 31.9 Å². The highest BCUT2D eigenvalue weighted by molar-refractivity contribution is 7.81. The number of hydrogen-bond donors (Lipinski definition) is 9. The van der Waals surface area contributed by atoms with Crippen molar-refractivity contribution >= 4 is 150 Å². The van der Waals surface area contributed by atoms with Crippen LogP contribution in [-0.4, -0.2) is 30.7 Å². The molecule has 0 amide bonds. The van der Waals surface area contributed by atoms with Crippen molar-refractivity contribution in [1.29, 1.82) is 0 Å². The van der Waals surface area contributed by atoms with Crippen LogP contribution in [0.2, 0.25) is 30.1 Å². The predicted molar refractivity (Wildman–Crippen MR) is 261 cm³/mol. The van der Waals surface area contributed by atoms with Crippen molar-refractivity contribution in [2.45, 2.75) is 12.7 Å². The number of phenols is 3. The van der Waals surface area contributed by atoms with Crippen molar-refractivity contribution in [2.24, 2.45) is 0 Å². The lowest BCUT2D eigenvalue weighted by molar-refractivity contribution is -0.137. The zero-order valence-electron chi connectivity index (χ0n) is 31.2. The van der Waals surface area contributed by atoms with Crippen molar-refractivity contribution in [3.05, 3.63) is 163 Å². The van der Waals surface area contributed by atoms with Crippen LogP contribution < -0.4 is 31.9 Å². The number of halogens is 9. The molecule has 6 aromatic rings. The van der Waals surface area contributed by atoms with Crippen LogP contribution in [-0.2, 0) is 12.7 Å². The van der Waals surface area contributed by atoms with Crippen LogP contribution in [0, 0.1) is 0 Å². The Balaban J connectivity index is 0.000000205. The Hall–Kier alpha value is -4.68. The highest BCUT2D eigenvalue weighted by Gasteiger charge is 2.29. The van der Waals surface area contributed by atoms with Gasteiger partial charge in [0.05, 0.1) is 22.6 Å². The van der Waals surface area contributed by atoms with Crippen LogP contribution in [0.25, 0.3) is 0 Å². The number of phenolic OH excluding ortho intramolecular Hbond substituents is 3. The molecule has 9 nitrogen and oxygen atoms in total. The van der Waals surface area contributed by atoms with E-state index in [9.17, 15) is 28.5 Å². The van der Waals surface area contributed by atoms with Gasteiger partial charge in [0.1, 0.15) is 17.2 Å². The molecule has 9 N–H and O–H groups in total. The first kappa shape index (κ1) is 50.0. The number of anilines is 5. The van der Waals surface area contributed by atoms with E-state index >= 15 is 0 Å². The second-order valence-electron chi connectivity index (χ2n) is 12.3. The summed E-state index contributed by atoms with van der Waals surface area (Å²) in [4.78, 5) is 0. The monoisotopic (exact) mass is 1020 g/mol. The second kappa shape index (κ2) is 23.7. The fraction of sp³-hybridized carbons (Fsp3) is 0.0488. The third-order valence-electron chi connectivity index (χ3n) is 7.58. The van der Waals surface area contributed by atoms with E-state index < -0.39 is 11.7 Å². The van der Waals surface area contributed by atoms with Gasteiger partial charge in [-0.3, -0.25) is 0 Å². The topological polar surface area (TPSA) is 133 Å². The zero-order chi connectivity index (χ0) is 45.6. The zero-order valence-corrected chi connectivity index (χ0v) is 38.2. The Morgan fingerprint density at radius 2 is 0.823 bits per heavy atom. The maximum Gasteiger partial charge on any atom is 0.416 e. The lowest BCUT2D eigenvalue weighted by atomic mass is 10.1. The van der Waals surface area contributed by atoms with Crippen molar-refractivity contribution in [1.82, 2.24) is 5.32 Å². The summed E-state index contributed by atoms with van der Waals surface area (Å²) in [7, 11) is 0. The van der Waals surface area contributed by atoms with Gasteiger partial charge in [-0.25, -0.2) is 0 Å². The molecule has 324 valence electrons. The number of nitrogens with one attached hydrogen (secondary N) is 6. The smallest absolute Gasteiger partial charge is 0.416 e. The van der Waals surface area contributed by atoms with E-state index in [1.54, 1.807) is 66.7 Å². The summed E-state index contributed by atoms with van der Waals surface area (Å²) in [6, 6.07) is 30.6. The first-order chi connectivity index (χ1) is 29.2. The minimum atomic E-state index is -4.35. The van der Waals surface area contributed by atoms with Gasteiger partial charge in [-0.1, -0.05) is 81.7 Å². The molecule has 0 atom stereocenters. The highest BCUT2D eigenvalue weighted by Crippen LogP contribution is 2.31. The quantitative estimate of drug-likeness (QED) is 0.0557. The van der Waals surface area contributed by atoms with Gasteiger partial charge in [-0.15, -0.1) is 0 Å². The second-order valence-corrected chi connectivity index (χ2v) is 16.2. The van der Waals surface area contributed by atoms with Crippen LogP contribution in [0.5, 0.6) is 17.2 Å². The van der Waals surface area contributed by atoms with Crippen LogP contribution in [0.1, 0.15) is 11.1 Å². The maximum atomic E-state index is 12.5. The number of aromatic hydroxyl groups is 3. The van der Waals surface area contributed by atoms with Gasteiger partial charge < -0.3 is 47.2 Å². The molecule has 62 heavy (non-hydrogen) atoms. The lowest BCUT2D eigenvalue weighted by Gasteiger charge is -2.12. The van der Waals surface area contributed by atoms with Crippen molar-refractivity contribution in [3.8, 4) is 17.2 Å². The summed E-state index contributed by atoms with van der Waals surface area (Å²) < 4.78 is 37.4. The minimum absolute atomic E-state index is 0.0203. The first-order valence-corrected chi connectivity index (χ1v) is 20.8. The molecular formula is C41H31Cl6F3N6O3S3. The van der Waals surface area contributed by atoms with E-state index in [-0.39, 0.29) is 34.0 Å². The SMILES string of the molecule is Oc1ccc(Cl)cc1NC(=S)NCc1ccc(C(F)(F)F)cc1.Oc1ccc(Cl)cc1NC(=S)Nc1cc(Cl)cc(Cl)c1.Oc1ccc(Cl)cc1NC(=S)Nc1ccc(Cl)cc1. The third-order valence-corrected chi connectivity index (χ3v) is 9.63. The molecule has 0 aliphatic carbocycles. The molecule has 6 rings (SSSR count). The molecule has 0 heterocycles. The Morgan fingerprint density at radius 3 is 1.24 bits per heavy atom. The summed E-state index contributed by atoms with van der Waals surface area (Å²) in [5, 5.41) is 50.1. The molecule has 0 aliphatic heterocycles. The summed E-state index contributed by atoms with van der Waals surface area (Å²) in [6.45, 7) is 0.241. The Bertz CT molecular complexity index is 2510. The Kier molecular flexibility index (Phi) is 19.1. The predicted octanol–water partition coefficient (Wildman–Crippen LogP) is 14.2. The molecule has 6 aromatic carbocycles. The van der Waals surface area contributed by atoms with Gasteiger partial charge in [0.25, 0.3) is 0 Å².